The Bertz CT molecular complexity index is 1160. The molecule has 0 bridgehead atoms. The predicted molar refractivity (Wildman–Crippen MR) is 132 cm³/mol. The molecule has 0 fully saturated rings. The van der Waals surface area contributed by atoms with Gasteiger partial charge in [0.1, 0.15) is 0 Å². The monoisotopic (exact) mass is 517 g/mol. The molecule has 0 radical (unpaired) electrons. The van der Waals surface area contributed by atoms with Gasteiger partial charge in [-0.2, -0.15) is 8.42 Å². The van der Waals surface area contributed by atoms with E-state index in [0.717, 1.165) is 10.5 Å². The highest BCUT2D eigenvalue weighted by Crippen LogP contribution is 2.28. The van der Waals surface area contributed by atoms with Crippen molar-refractivity contribution in [3.63, 3.8) is 0 Å². The van der Waals surface area contributed by atoms with Crippen molar-refractivity contribution in [2.24, 2.45) is 5.41 Å². The van der Waals surface area contributed by atoms with E-state index in [1.807, 2.05) is 30.3 Å². The van der Waals surface area contributed by atoms with E-state index in [9.17, 15) is 22.8 Å². The number of hydrogen-bond acceptors (Lipinski definition) is 8. The Morgan fingerprint density at radius 2 is 1.56 bits per heavy atom. The lowest BCUT2D eigenvalue weighted by Gasteiger charge is -2.32. The van der Waals surface area contributed by atoms with Crippen molar-refractivity contribution < 1.29 is 36.5 Å². The summed E-state index contributed by atoms with van der Waals surface area (Å²) >= 11 is 0. The molecule has 1 atom stereocenters. The number of esters is 1. The van der Waals surface area contributed by atoms with Gasteiger partial charge in [0.05, 0.1) is 36.7 Å². The van der Waals surface area contributed by atoms with Crippen molar-refractivity contribution in [1.29, 1.82) is 0 Å². The average Bonchev–Trinajstić information content (AvgIpc) is 3.09. The molecule has 0 unspecified atom stereocenters. The second kappa shape index (κ2) is 11.8. The van der Waals surface area contributed by atoms with Crippen LogP contribution < -0.4 is 0 Å². The molecule has 0 spiro atoms. The van der Waals surface area contributed by atoms with E-state index in [0.29, 0.717) is 11.1 Å². The first-order valence-corrected chi connectivity index (χ1v) is 13.3. The SMILES string of the molecule is CCOC(=O)[C@H](OCc1ccccc1)C(C)(C)COS(=O)(=O)CCCN1C(=O)c2ccccc2C1=O. The van der Waals surface area contributed by atoms with Crippen LogP contribution >= 0.6 is 0 Å². The molecule has 1 heterocycles. The van der Waals surface area contributed by atoms with E-state index >= 15 is 0 Å². The largest absolute Gasteiger partial charge is 0.464 e. The lowest BCUT2D eigenvalue weighted by molar-refractivity contribution is -0.168. The zero-order chi connectivity index (χ0) is 26.3. The van der Waals surface area contributed by atoms with E-state index in [4.69, 9.17) is 13.7 Å². The molecular formula is C26H31NO8S. The van der Waals surface area contributed by atoms with Crippen LogP contribution in [0.5, 0.6) is 0 Å². The van der Waals surface area contributed by atoms with Crippen molar-refractivity contribution in [1.82, 2.24) is 4.90 Å². The van der Waals surface area contributed by atoms with Crippen molar-refractivity contribution in [3.05, 3.63) is 71.3 Å². The predicted octanol–water partition coefficient (Wildman–Crippen LogP) is 3.19. The maximum atomic E-state index is 12.6. The van der Waals surface area contributed by atoms with Gasteiger partial charge in [0, 0.05) is 12.0 Å². The summed E-state index contributed by atoms with van der Waals surface area (Å²) in [5, 5.41) is 0. The first-order valence-electron chi connectivity index (χ1n) is 11.7. The summed E-state index contributed by atoms with van der Waals surface area (Å²) in [4.78, 5) is 38.5. The molecular weight excluding hydrogens is 486 g/mol. The van der Waals surface area contributed by atoms with Gasteiger partial charge in [0.2, 0.25) is 0 Å². The van der Waals surface area contributed by atoms with Gasteiger partial charge in [-0.05, 0) is 31.0 Å². The van der Waals surface area contributed by atoms with Gasteiger partial charge in [-0.25, -0.2) is 4.79 Å². The van der Waals surface area contributed by atoms with Crippen LogP contribution in [0.25, 0.3) is 0 Å². The van der Waals surface area contributed by atoms with Gasteiger partial charge in [-0.15, -0.1) is 0 Å². The fourth-order valence-corrected chi connectivity index (χ4v) is 4.89. The van der Waals surface area contributed by atoms with Crippen LogP contribution in [0.3, 0.4) is 0 Å². The minimum Gasteiger partial charge on any atom is -0.464 e. The molecule has 3 rings (SSSR count). The summed E-state index contributed by atoms with van der Waals surface area (Å²) in [6.45, 7) is 4.92. The minimum atomic E-state index is -4.00. The Kier molecular flexibility index (Phi) is 8.99. The first-order chi connectivity index (χ1) is 17.1. The molecule has 0 saturated carbocycles. The third kappa shape index (κ3) is 6.77. The topological polar surface area (TPSA) is 116 Å². The standard InChI is InChI=1S/C26H31NO8S/c1-4-33-25(30)22(34-17-19-11-6-5-7-12-19)26(2,3)18-35-36(31,32)16-10-15-27-23(28)20-13-8-9-14-21(20)24(27)29/h5-9,11-14,22H,4,10,15-18H2,1-3H3/t22-/m0/s1. The van der Waals surface area contributed by atoms with Gasteiger partial charge in [-0.3, -0.25) is 18.7 Å². The van der Waals surface area contributed by atoms with E-state index in [1.165, 1.54) is 0 Å². The van der Waals surface area contributed by atoms with Gasteiger partial charge in [0.25, 0.3) is 21.9 Å². The number of carbonyl (C=O) groups is 3. The van der Waals surface area contributed by atoms with Crippen LogP contribution in [-0.2, 0) is 35.2 Å². The second-order valence-corrected chi connectivity index (χ2v) is 10.9. The number of benzene rings is 2. The first kappa shape index (κ1) is 27.5. The van der Waals surface area contributed by atoms with Crippen molar-refractivity contribution in [2.75, 3.05) is 25.5 Å². The minimum absolute atomic E-state index is 0.0139. The average molecular weight is 518 g/mol. The molecule has 2 aromatic rings. The molecule has 2 aromatic carbocycles. The van der Waals surface area contributed by atoms with Crippen molar-refractivity contribution >= 4 is 27.9 Å². The Hall–Kier alpha value is -3.08. The molecule has 2 amide bonds. The number of rotatable bonds is 13. The number of nitrogens with zero attached hydrogens (tertiary/aromatic N) is 1. The van der Waals surface area contributed by atoms with Crippen LogP contribution in [0.1, 0.15) is 53.5 Å². The maximum Gasteiger partial charge on any atom is 0.335 e. The molecule has 9 nitrogen and oxygen atoms in total. The highest BCUT2D eigenvalue weighted by molar-refractivity contribution is 7.86. The van der Waals surface area contributed by atoms with Crippen LogP contribution in [0.15, 0.2) is 54.6 Å². The Balaban J connectivity index is 1.56. The summed E-state index contributed by atoms with van der Waals surface area (Å²) in [6.07, 6.45) is -1.05. The molecule has 194 valence electrons. The fourth-order valence-electron chi connectivity index (χ4n) is 3.80. The summed E-state index contributed by atoms with van der Waals surface area (Å²) < 4.78 is 41.3. The smallest absolute Gasteiger partial charge is 0.335 e. The summed E-state index contributed by atoms with van der Waals surface area (Å²) in [5.41, 5.74) is 0.438. The zero-order valence-electron chi connectivity index (χ0n) is 20.6. The maximum absolute atomic E-state index is 12.6. The van der Waals surface area contributed by atoms with Crippen LogP contribution in [0.2, 0.25) is 0 Å². The molecule has 36 heavy (non-hydrogen) atoms. The summed E-state index contributed by atoms with van der Waals surface area (Å²) in [7, 11) is -4.00. The summed E-state index contributed by atoms with van der Waals surface area (Å²) in [6, 6.07) is 15.7. The van der Waals surface area contributed by atoms with Gasteiger partial charge in [-0.1, -0.05) is 56.3 Å². The number of imide groups is 1. The van der Waals surface area contributed by atoms with Gasteiger partial charge < -0.3 is 9.47 Å². The molecule has 10 heteroatoms. The third-order valence-corrected chi connectivity index (χ3v) is 7.00. The second-order valence-electron chi connectivity index (χ2n) is 9.10. The molecule has 1 aliphatic rings. The fraction of sp³-hybridized carbons (Fsp3) is 0.423. The van der Waals surface area contributed by atoms with Crippen LogP contribution in [0.4, 0.5) is 0 Å². The Labute approximate surface area is 211 Å². The number of carbonyl (C=O) groups excluding carboxylic acids is 3. The Morgan fingerprint density at radius 3 is 2.14 bits per heavy atom. The van der Waals surface area contributed by atoms with E-state index < -0.39 is 45.2 Å². The zero-order valence-corrected chi connectivity index (χ0v) is 21.5. The summed E-state index contributed by atoms with van der Waals surface area (Å²) in [5.74, 6) is -1.89. The molecule has 0 aromatic heterocycles. The van der Waals surface area contributed by atoms with E-state index in [2.05, 4.69) is 0 Å². The molecule has 1 aliphatic heterocycles. The lowest BCUT2D eigenvalue weighted by Crippen LogP contribution is -2.43. The molecule has 0 saturated heterocycles. The van der Waals surface area contributed by atoms with Gasteiger partial charge >= 0.3 is 5.97 Å². The van der Waals surface area contributed by atoms with Crippen LogP contribution in [-0.4, -0.2) is 62.7 Å². The molecule has 0 N–H and O–H groups in total. The van der Waals surface area contributed by atoms with Crippen molar-refractivity contribution in [3.8, 4) is 0 Å². The van der Waals surface area contributed by atoms with Crippen molar-refractivity contribution in [2.45, 2.75) is 39.9 Å². The third-order valence-electron chi connectivity index (χ3n) is 5.73. The van der Waals surface area contributed by atoms with Gasteiger partial charge in [0.15, 0.2) is 6.10 Å². The Morgan fingerprint density at radius 1 is 0.972 bits per heavy atom. The molecule has 0 aliphatic carbocycles. The van der Waals surface area contributed by atoms with Crippen LogP contribution in [0, 0.1) is 5.41 Å². The number of ether oxygens (including phenoxy) is 2. The number of fused-ring (bicyclic) bond motifs is 1. The highest BCUT2D eigenvalue weighted by atomic mass is 32.2. The number of amides is 2. The number of hydrogen-bond donors (Lipinski definition) is 0. The van der Waals surface area contributed by atoms with E-state index in [-0.39, 0.29) is 32.8 Å². The highest BCUT2D eigenvalue weighted by Gasteiger charge is 2.39. The quantitative estimate of drug-likeness (QED) is 0.226. The van der Waals surface area contributed by atoms with E-state index in [1.54, 1.807) is 45.0 Å². The normalized spacial score (nSPS) is 14.6. The lowest BCUT2D eigenvalue weighted by atomic mass is 9.87.